The minimum atomic E-state index is -0.148. The predicted molar refractivity (Wildman–Crippen MR) is 111 cm³/mol. The van der Waals surface area contributed by atoms with E-state index in [9.17, 15) is 4.79 Å². The van der Waals surface area contributed by atoms with Gasteiger partial charge in [-0.2, -0.15) is 0 Å². The van der Waals surface area contributed by atoms with Gasteiger partial charge in [0.2, 0.25) is 0 Å². The molecule has 3 rings (SSSR count). The van der Waals surface area contributed by atoms with Crippen LogP contribution in [-0.2, 0) is 0 Å². The first kappa shape index (κ1) is 18.3. The summed E-state index contributed by atoms with van der Waals surface area (Å²) in [6.07, 6.45) is 0. The molecule has 2 aromatic carbocycles. The van der Waals surface area contributed by atoms with Gasteiger partial charge in [-0.25, -0.2) is 0 Å². The number of benzene rings is 2. The van der Waals surface area contributed by atoms with Gasteiger partial charge in [-0.05, 0) is 36.4 Å². The van der Waals surface area contributed by atoms with E-state index in [4.69, 9.17) is 4.74 Å². The maximum absolute atomic E-state index is 11.7. The molecule has 26 heavy (non-hydrogen) atoms. The van der Waals surface area contributed by atoms with Crippen LogP contribution >= 0.6 is 27.3 Å². The van der Waals surface area contributed by atoms with Crippen LogP contribution in [0.2, 0.25) is 0 Å². The molecule has 0 radical (unpaired) electrons. The highest BCUT2D eigenvalue weighted by Crippen LogP contribution is 2.30. The van der Waals surface area contributed by atoms with Gasteiger partial charge in [-0.15, -0.1) is 11.3 Å². The predicted octanol–water partition coefficient (Wildman–Crippen LogP) is 4.50. The van der Waals surface area contributed by atoms with Crippen LogP contribution in [0.5, 0.6) is 5.75 Å². The van der Waals surface area contributed by atoms with Crippen LogP contribution in [0, 0.1) is 11.8 Å². The van der Waals surface area contributed by atoms with Crippen LogP contribution in [0.25, 0.3) is 10.1 Å². The van der Waals surface area contributed by atoms with Crippen LogP contribution < -0.4 is 15.4 Å². The first-order valence-corrected chi connectivity index (χ1v) is 9.54. The molecular weight excluding hydrogens is 412 g/mol. The van der Waals surface area contributed by atoms with Gasteiger partial charge < -0.3 is 15.4 Å². The Hall–Kier alpha value is -2.49. The maximum atomic E-state index is 11.7. The van der Waals surface area contributed by atoms with Crippen molar-refractivity contribution in [3.63, 3.8) is 0 Å². The number of ether oxygens (including phenoxy) is 1. The number of fused-ring (bicyclic) bond motifs is 1. The summed E-state index contributed by atoms with van der Waals surface area (Å²) in [6.45, 7) is 0.477. The Balaban J connectivity index is 1.70. The molecule has 4 nitrogen and oxygen atoms in total. The van der Waals surface area contributed by atoms with Gasteiger partial charge in [0, 0.05) is 27.2 Å². The van der Waals surface area contributed by atoms with E-state index < -0.39 is 0 Å². The number of carbonyl (C=O) groups excluding carboxylic acids is 1. The number of anilines is 1. The molecule has 1 aromatic heterocycles. The molecule has 3 aromatic rings. The lowest BCUT2D eigenvalue weighted by Gasteiger charge is -2.10. The summed E-state index contributed by atoms with van der Waals surface area (Å²) in [5.74, 6) is 6.78. The standard InChI is InChI=1S/C20H17BrN2O2S/c1-22-20(24)13-8-9-17(18(11-13)25-2)23-10-4-5-14-12-15-16(21)6-3-7-19(15)26-14/h3,6-9,11-12,23H,10H2,1-2H3,(H,22,24). The number of thiophene rings is 1. The summed E-state index contributed by atoms with van der Waals surface area (Å²) in [7, 11) is 3.18. The summed E-state index contributed by atoms with van der Waals surface area (Å²) in [4.78, 5) is 12.7. The van der Waals surface area contributed by atoms with Crippen LogP contribution in [0.3, 0.4) is 0 Å². The van der Waals surface area contributed by atoms with Crippen LogP contribution in [0.15, 0.2) is 46.9 Å². The van der Waals surface area contributed by atoms with Gasteiger partial charge in [-0.1, -0.05) is 33.8 Å². The van der Waals surface area contributed by atoms with Crippen molar-refractivity contribution in [3.8, 4) is 17.6 Å². The zero-order chi connectivity index (χ0) is 18.5. The molecule has 0 bridgehead atoms. The van der Waals surface area contributed by atoms with E-state index in [1.165, 1.54) is 10.1 Å². The SMILES string of the molecule is CNC(=O)c1ccc(NCC#Cc2cc3c(Br)cccc3s2)c(OC)c1. The van der Waals surface area contributed by atoms with Crippen molar-refractivity contribution in [2.24, 2.45) is 0 Å². The Labute approximate surface area is 164 Å². The Kier molecular flexibility index (Phi) is 5.82. The lowest BCUT2D eigenvalue weighted by molar-refractivity contribution is 0.0963. The molecule has 6 heteroatoms. The highest BCUT2D eigenvalue weighted by Gasteiger charge is 2.08. The third-order valence-electron chi connectivity index (χ3n) is 3.78. The van der Waals surface area contributed by atoms with Gasteiger partial charge in [0.1, 0.15) is 5.75 Å². The minimum absolute atomic E-state index is 0.148. The van der Waals surface area contributed by atoms with E-state index in [1.54, 1.807) is 37.6 Å². The Bertz CT molecular complexity index is 1020. The van der Waals surface area contributed by atoms with Crippen molar-refractivity contribution >= 4 is 48.9 Å². The van der Waals surface area contributed by atoms with E-state index in [2.05, 4.69) is 50.5 Å². The number of rotatable bonds is 4. The molecule has 0 spiro atoms. The minimum Gasteiger partial charge on any atom is -0.495 e. The maximum Gasteiger partial charge on any atom is 0.251 e. The third-order valence-corrected chi connectivity index (χ3v) is 5.49. The fourth-order valence-electron chi connectivity index (χ4n) is 2.48. The largest absolute Gasteiger partial charge is 0.495 e. The molecule has 0 atom stereocenters. The number of hydrogen-bond acceptors (Lipinski definition) is 4. The Morgan fingerprint density at radius 1 is 1.27 bits per heavy atom. The number of amides is 1. The number of hydrogen-bond donors (Lipinski definition) is 2. The number of methoxy groups -OCH3 is 1. The molecule has 132 valence electrons. The summed E-state index contributed by atoms with van der Waals surface area (Å²) >= 11 is 5.24. The fourth-order valence-corrected chi connectivity index (χ4v) is 4.05. The van der Waals surface area contributed by atoms with E-state index in [1.807, 2.05) is 18.2 Å². The molecular formula is C20H17BrN2O2S. The zero-order valence-electron chi connectivity index (χ0n) is 14.4. The topological polar surface area (TPSA) is 50.4 Å². The normalized spacial score (nSPS) is 10.1. The van der Waals surface area contributed by atoms with E-state index in [0.717, 1.165) is 15.0 Å². The van der Waals surface area contributed by atoms with E-state index in [0.29, 0.717) is 17.9 Å². The second-order valence-corrected chi connectivity index (χ2v) is 7.35. The highest BCUT2D eigenvalue weighted by atomic mass is 79.9. The average Bonchev–Trinajstić information content (AvgIpc) is 3.09. The molecule has 0 saturated heterocycles. The number of nitrogens with one attached hydrogen (secondary N) is 2. The first-order chi connectivity index (χ1) is 12.6. The van der Waals surface area contributed by atoms with Crippen molar-refractivity contribution in [1.29, 1.82) is 0 Å². The molecule has 0 saturated carbocycles. The van der Waals surface area contributed by atoms with Crippen molar-refractivity contribution in [2.45, 2.75) is 0 Å². The van der Waals surface area contributed by atoms with Crippen molar-refractivity contribution in [1.82, 2.24) is 5.32 Å². The second-order valence-electron chi connectivity index (χ2n) is 5.41. The van der Waals surface area contributed by atoms with E-state index >= 15 is 0 Å². The molecule has 0 fully saturated rings. The number of carbonyl (C=O) groups is 1. The quantitative estimate of drug-likeness (QED) is 0.601. The lowest BCUT2D eigenvalue weighted by atomic mass is 10.1. The summed E-state index contributed by atoms with van der Waals surface area (Å²) in [5, 5.41) is 7.01. The zero-order valence-corrected chi connectivity index (χ0v) is 16.8. The van der Waals surface area contributed by atoms with Gasteiger partial charge >= 0.3 is 0 Å². The molecule has 0 aliphatic heterocycles. The average molecular weight is 429 g/mol. The molecule has 0 aliphatic carbocycles. The van der Waals surface area contributed by atoms with E-state index in [-0.39, 0.29) is 5.91 Å². The lowest BCUT2D eigenvalue weighted by Crippen LogP contribution is -2.17. The first-order valence-electron chi connectivity index (χ1n) is 7.93. The van der Waals surface area contributed by atoms with Gasteiger partial charge in [0.25, 0.3) is 5.91 Å². The van der Waals surface area contributed by atoms with Crippen LogP contribution in [-0.4, -0.2) is 26.6 Å². The Morgan fingerprint density at radius 2 is 2.12 bits per heavy atom. The van der Waals surface area contributed by atoms with Gasteiger partial charge in [0.15, 0.2) is 0 Å². The molecule has 1 amide bonds. The summed E-state index contributed by atoms with van der Waals surface area (Å²) in [5.41, 5.74) is 1.35. The molecule has 0 aliphatic rings. The summed E-state index contributed by atoms with van der Waals surface area (Å²) < 4.78 is 7.65. The fraction of sp³-hybridized carbons (Fsp3) is 0.150. The number of halogens is 1. The third kappa shape index (κ3) is 4.01. The van der Waals surface area contributed by atoms with Gasteiger partial charge in [0.05, 0.1) is 24.2 Å². The smallest absolute Gasteiger partial charge is 0.251 e. The van der Waals surface area contributed by atoms with Crippen LogP contribution in [0.4, 0.5) is 5.69 Å². The van der Waals surface area contributed by atoms with Crippen LogP contribution in [0.1, 0.15) is 15.2 Å². The van der Waals surface area contributed by atoms with Gasteiger partial charge in [-0.3, -0.25) is 4.79 Å². The molecule has 0 unspecified atom stereocenters. The van der Waals surface area contributed by atoms with Crippen molar-refractivity contribution in [3.05, 3.63) is 57.4 Å². The monoisotopic (exact) mass is 428 g/mol. The highest BCUT2D eigenvalue weighted by molar-refractivity contribution is 9.10. The van der Waals surface area contributed by atoms with Crippen molar-refractivity contribution in [2.75, 3.05) is 26.0 Å². The second kappa shape index (κ2) is 8.26. The molecule has 2 N–H and O–H groups in total. The summed E-state index contributed by atoms with van der Waals surface area (Å²) in [6, 6.07) is 13.5. The van der Waals surface area contributed by atoms with Crippen molar-refractivity contribution < 1.29 is 9.53 Å². The molecule has 1 heterocycles. The Morgan fingerprint density at radius 3 is 2.85 bits per heavy atom.